The number of nitrogens with one attached hydrogen (secondary N) is 2. The number of anilines is 2. The molecular weight excluding hydrogens is 671 g/mol. The number of piperidine rings is 1. The number of aromatic nitrogens is 6. The lowest BCUT2D eigenvalue weighted by Crippen LogP contribution is -2.34. The molecule has 10 nitrogen and oxygen atoms in total. The highest BCUT2D eigenvalue weighted by atomic mass is 35.5. The second kappa shape index (κ2) is 13.5. The van der Waals surface area contributed by atoms with Gasteiger partial charge in [-0.3, -0.25) is 4.79 Å². The molecule has 1 atom stereocenters. The third kappa shape index (κ3) is 6.01. The summed E-state index contributed by atoms with van der Waals surface area (Å²) in [7, 11) is 0. The van der Waals surface area contributed by atoms with Crippen LogP contribution in [-0.2, 0) is 0 Å². The fourth-order valence-electron chi connectivity index (χ4n) is 6.83. The van der Waals surface area contributed by atoms with E-state index in [-0.39, 0.29) is 17.9 Å². The van der Waals surface area contributed by atoms with Gasteiger partial charge in [0.05, 0.1) is 29.4 Å². The zero-order valence-electron chi connectivity index (χ0n) is 27.1. The van der Waals surface area contributed by atoms with Crippen molar-refractivity contribution in [3.05, 3.63) is 131 Å². The Morgan fingerprint density at radius 1 is 0.960 bits per heavy atom. The lowest BCUT2D eigenvalue weighted by atomic mass is 9.97. The van der Waals surface area contributed by atoms with Gasteiger partial charge in [-0.05, 0) is 61.7 Å². The highest BCUT2D eigenvalue weighted by Crippen LogP contribution is 2.42. The lowest BCUT2D eigenvalue weighted by molar-refractivity contribution is 0.102. The van der Waals surface area contributed by atoms with Crippen LogP contribution in [0.1, 0.15) is 53.7 Å². The van der Waals surface area contributed by atoms with Gasteiger partial charge in [0.1, 0.15) is 5.69 Å². The number of pyridine rings is 1. The summed E-state index contributed by atoms with van der Waals surface area (Å²) < 4.78 is 7.58. The van der Waals surface area contributed by atoms with Crippen LogP contribution >= 0.6 is 23.2 Å². The number of rotatable bonds is 8. The van der Waals surface area contributed by atoms with Gasteiger partial charge in [-0.2, -0.15) is 0 Å². The van der Waals surface area contributed by atoms with Gasteiger partial charge < -0.3 is 24.2 Å². The van der Waals surface area contributed by atoms with E-state index in [0.717, 1.165) is 64.9 Å². The summed E-state index contributed by atoms with van der Waals surface area (Å²) in [6, 6.07) is 27.0. The number of benzene rings is 3. The number of hydrogen-bond acceptors (Lipinski definition) is 7. The largest absolute Gasteiger partial charge is 0.428 e. The first-order valence-electron chi connectivity index (χ1n) is 16.4. The summed E-state index contributed by atoms with van der Waals surface area (Å²) >= 11 is 12.7. The molecule has 1 fully saturated rings. The summed E-state index contributed by atoms with van der Waals surface area (Å²) in [5.74, 6) is 1.24. The molecule has 4 aromatic heterocycles. The van der Waals surface area contributed by atoms with Crippen molar-refractivity contribution in [1.82, 2.24) is 29.7 Å². The standard InChI is InChI=1S/C38H32Cl2N8O2/c1-23(24-9-11-27(39)12-10-24)48-21-42-33(25-6-3-2-4-7-25)35(48)32-29-14-13-28(40)20-31(29)44-34(32)37(49)45-30-8-5-17-41-36(30)47-18-15-26(16-19-47)38-46-43-22-50-38/h2-14,17,20-23,26,44H,15-16,18-19H2,1H3,(H,45,49). The Kier molecular flexibility index (Phi) is 8.56. The average Bonchev–Trinajstić information content (AvgIpc) is 3.91. The molecule has 8 rings (SSSR count). The number of fused-ring (bicyclic) bond motifs is 1. The van der Waals surface area contributed by atoms with E-state index in [9.17, 15) is 4.79 Å². The van der Waals surface area contributed by atoms with E-state index in [1.165, 1.54) is 6.39 Å². The molecule has 1 saturated heterocycles. The highest BCUT2D eigenvalue weighted by Gasteiger charge is 2.30. The van der Waals surface area contributed by atoms with Gasteiger partial charge in [0, 0.05) is 57.3 Å². The van der Waals surface area contributed by atoms with E-state index < -0.39 is 0 Å². The molecule has 0 bridgehead atoms. The van der Waals surface area contributed by atoms with Crippen molar-refractivity contribution in [3.8, 4) is 22.5 Å². The summed E-state index contributed by atoms with van der Waals surface area (Å²) in [6.07, 6.45) is 6.61. The quantitative estimate of drug-likeness (QED) is 0.162. The molecule has 250 valence electrons. The van der Waals surface area contributed by atoms with Crippen LogP contribution in [0.2, 0.25) is 10.0 Å². The number of aromatic amines is 1. The molecule has 1 unspecified atom stereocenters. The van der Waals surface area contributed by atoms with Crippen molar-refractivity contribution < 1.29 is 9.21 Å². The van der Waals surface area contributed by atoms with E-state index in [1.807, 2.05) is 91.3 Å². The highest BCUT2D eigenvalue weighted by molar-refractivity contribution is 6.31. The van der Waals surface area contributed by atoms with Crippen LogP contribution in [0.4, 0.5) is 11.5 Å². The molecule has 2 N–H and O–H groups in total. The molecule has 0 aliphatic carbocycles. The third-order valence-electron chi connectivity index (χ3n) is 9.39. The van der Waals surface area contributed by atoms with Crippen LogP contribution in [0.5, 0.6) is 0 Å². The first kappa shape index (κ1) is 31.8. The molecule has 1 amide bonds. The molecule has 12 heteroatoms. The van der Waals surface area contributed by atoms with E-state index in [4.69, 9.17) is 37.6 Å². The molecular formula is C38H32Cl2N8O2. The monoisotopic (exact) mass is 702 g/mol. The average molecular weight is 704 g/mol. The summed E-state index contributed by atoms with van der Waals surface area (Å²) in [5.41, 5.74) is 5.98. The predicted octanol–water partition coefficient (Wildman–Crippen LogP) is 9.03. The Hall–Kier alpha value is -5.45. The van der Waals surface area contributed by atoms with Crippen LogP contribution in [0, 0.1) is 0 Å². The maximum Gasteiger partial charge on any atom is 0.272 e. The minimum absolute atomic E-state index is 0.139. The fraction of sp³-hybridized carbons (Fsp3) is 0.184. The molecule has 0 radical (unpaired) electrons. The molecule has 5 heterocycles. The maximum absolute atomic E-state index is 14.6. The van der Waals surface area contributed by atoms with Crippen LogP contribution in [0.25, 0.3) is 33.4 Å². The van der Waals surface area contributed by atoms with Gasteiger partial charge in [0.15, 0.2) is 5.82 Å². The number of H-pyrrole nitrogens is 1. The second-order valence-electron chi connectivity index (χ2n) is 12.4. The Balaban J connectivity index is 1.21. The number of halogens is 2. The van der Waals surface area contributed by atoms with Gasteiger partial charge in [0.25, 0.3) is 5.91 Å². The fourth-order valence-corrected chi connectivity index (χ4v) is 7.12. The maximum atomic E-state index is 14.6. The SMILES string of the molecule is CC(c1ccc(Cl)cc1)n1cnc(-c2ccccc2)c1-c1c(C(=O)Nc2cccnc2N2CCC(c3nnco3)CC2)[nH]c2cc(Cl)ccc12. The van der Waals surface area contributed by atoms with Gasteiger partial charge in [0.2, 0.25) is 12.3 Å². The number of amides is 1. The van der Waals surface area contributed by atoms with Crippen molar-refractivity contribution in [1.29, 1.82) is 0 Å². The van der Waals surface area contributed by atoms with E-state index in [0.29, 0.717) is 33.1 Å². The van der Waals surface area contributed by atoms with Crippen LogP contribution < -0.4 is 10.2 Å². The van der Waals surface area contributed by atoms with Crippen molar-refractivity contribution in [2.45, 2.75) is 31.7 Å². The molecule has 1 aliphatic rings. The van der Waals surface area contributed by atoms with Gasteiger partial charge in [-0.15, -0.1) is 10.2 Å². The zero-order chi connectivity index (χ0) is 34.2. The first-order valence-corrected chi connectivity index (χ1v) is 17.2. The molecule has 0 saturated carbocycles. The van der Waals surface area contributed by atoms with E-state index in [1.54, 1.807) is 6.20 Å². The third-order valence-corrected chi connectivity index (χ3v) is 9.88. The van der Waals surface area contributed by atoms with Crippen molar-refractivity contribution in [2.75, 3.05) is 23.3 Å². The van der Waals surface area contributed by atoms with Gasteiger partial charge in [-0.25, -0.2) is 9.97 Å². The minimum atomic E-state index is -0.312. The Bertz CT molecular complexity index is 2280. The molecule has 50 heavy (non-hydrogen) atoms. The predicted molar refractivity (Wildman–Crippen MR) is 196 cm³/mol. The first-order chi connectivity index (χ1) is 24.4. The van der Waals surface area contributed by atoms with Crippen LogP contribution in [0.15, 0.2) is 108 Å². The summed E-state index contributed by atoms with van der Waals surface area (Å²) in [6.45, 7) is 3.56. The number of nitrogens with zero attached hydrogens (tertiary/aromatic N) is 6. The van der Waals surface area contributed by atoms with Crippen LogP contribution in [0.3, 0.4) is 0 Å². The van der Waals surface area contributed by atoms with Crippen molar-refractivity contribution >= 4 is 51.5 Å². The topological polar surface area (TPSA) is 118 Å². The van der Waals surface area contributed by atoms with Gasteiger partial charge in [-0.1, -0.05) is 71.7 Å². The molecule has 7 aromatic rings. The number of imidazole rings is 1. The van der Waals surface area contributed by atoms with E-state index >= 15 is 0 Å². The molecule has 3 aromatic carbocycles. The smallest absolute Gasteiger partial charge is 0.272 e. The normalized spacial score (nSPS) is 14.3. The Labute approximate surface area is 298 Å². The second-order valence-corrected chi connectivity index (χ2v) is 13.2. The van der Waals surface area contributed by atoms with Crippen molar-refractivity contribution in [2.24, 2.45) is 0 Å². The molecule has 1 aliphatic heterocycles. The van der Waals surface area contributed by atoms with Gasteiger partial charge >= 0.3 is 0 Å². The lowest BCUT2D eigenvalue weighted by Gasteiger charge is -2.32. The summed E-state index contributed by atoms with van der Waals surface area (Å²) in [5, 5.41) is 13.2. The number of carbonyl (C=O) groups is 1. The number of hydrogen-bond donors (Lipinski definition) is 2. The summed E-state index contributed by atoms with van der Waals surface area (Å²) in [4.78, 5) is 29.8. The van der Waals surface area contributed by atoms with Crippen LogP contribution in [-0.4, -0.2) is 48.7 Å². The minimum Gasteiger partial charge on any atom is -0.428 e. The Morgan fingerprint density at radius 3 is 2.50 bits per heavy atom. The molecule has 0 spiro atoms. The van der Waals surface area contributed by atoms with E-state index in [2.05, 4.69) is 36.9 Å². The number of carbonyl (C=O) groups excluding carboxylic acids is 1. The zero-order valence-corrected chi connectivity index (χ0v) is 28.6. The van der Waals surface area contributed by atoms with Crippen molar-refractivity contribution in [3.63, 3.8) is 0 Å². The Morgan fingerprint density at radius 2 is 1.74 bits per heavy atom.